The molecule has 0 heterocycles. The minimum absolute atomic E-state index is 0.307. The minimum atomic E-state index is 0.307. The summed E-state index contributed by atoms with van der Waals surface area (Å²) in [6, 6.07) is 8.95. The van der Waals surface area contributed by atoms with Crippen molar-refractivity contribution in [2.45, 2.75) is 38.1 Å². The van der Waals surface area contributed by atoms with Gasteiger partial charge >= 0.3 is 0 Å². The molecule has 2 N–H and O–H groups in total. The van der Waals surface area contributed by atoms with E-state index in [9.17, 15) is 0 Å². The average molecular weight is 223 g/mol. The summed E-state index contributed by atoms with van der Waals surface area (Å²) in [5.41, 5.74) is 7.40. The summed E-state index contributed by atoms with van der Waals surface area (Å²) in [5.74, 6) is 1.63. The lowest BCUT2D eigenvalue weighted by atomic mass is 10.0. The second-order valence-electron chi connectivity index (χ2n) is 4.17. The molecule has 0 spiro atoms. The van der Waals surface area contributed by atoms with Crippen LogP contribution in [0.15, 0.2) is 29.2 Å². The summed E-state index contributed by atoms with van der Waals surface area (Å²) in [7, 11) is 0. The molecule has 0 bridgehead atoms. The standard InChI is InChI=1S/C13H21NS/c1-4-11(3)13(14)9-15-12-7-5-10(2)6-8-12/h5-8,11,13H,4,9,14H2,1-3H3. The van der Waals surface area contributed by atoms with Crippen LogP contribution in [0.4, 0.5) is 0 Å². The molecule has 0 saturated heterocycles. The van der Waals surface area contributed by atoms with Gasteiger partial charge in [-0.1, -0.05) is 38.0 Å². The molecule has 1 nitrogen and oxygen atoms in total. The smallest absolute Gasteiger partial charge is 0.0159 e. The Bertz CT molecular complexity index is 281. The van der Waals surface area contributed by atoms with Crippen LogP contribution in [-0.2, 0) is 0 Å². The highest BCUT2D eigenvalue weighted by Gasteiger charge is 2.10. The third kappa shape index (κ3) is 4.27. The van der Waals surface area contributed by atoms with Crippen molar-refractivity contribution in [2.24, 2.45) is 11.7 Å². The molecule has 2 heteroatoms. The van der Waals surface area contributed by atoms with Gasteiger partial charge in [-0.05, 0) is 25.0 Å². The monoisotopic (exact) mass is 223 g/mol. The normalized spacial score (nSPS) is 14.9. The maximum atomic E-state index is 6.08. The van der Waals surface area contributed by atoms with Crippen LogP contribution in [0.3, 0.4) is 0 Å². The molecule has 1 rings (SSSR count). The Kier molecular flexibility index (Phi) is 5.20. The van der Waals surface area contributed by atoms with Crippen molar-refractivity contribution in [3.05, 3.63) is 29.8 Å². The molecule has 1 aromatic carbocycles. The Hall–Kier alpha value is -0.470. The molecule has 0 aliphatic rings. The molecule has 0 aromatic heterocycles. The Morgan fingerprint density at radius 3 is 2.40 bits per heavy atom. The van der Waals surface area contributed by atoms with Gasteiger partial charge in [-0.25, -0.2) is 0 Å². The zero-order valence-corrected chi connectivity index (χ0v) is 10.7. The van der Waals surface area contributed by atoms with Gasteiger partial charge < -0.3 is 5.73 Å². The Morgan fingerprint density at radius 2 is 1.87 bits per heavy atom. The van der Waals surface area contributed by atoms with E-state index >= 15 is 0 Å². The van der Waals surface area contributed by atoms with Crippen LogP contribution in [0.5, 0.6) is 0 Å². The quantitative estimate of drug-likeness (QED) is 0.774. The summed E-state index contributed by atoms with van der Waals surface area (Å²) >= 11 is 1.86. The summed E-state index contributed by atoms with van der Waals surface area (Å²) in [6.07, 6.45) is 1.16. The fourth-order valence-corrected chi connectivity index (χ4v) is 2.34. The Balaban J connectivity index is 2.40. The van der Waals surface area contributed by atoms with E-state index in [1.165, 1.54) is 10.5 Å². The van der Waals surface area contributed by atoms with E-state index in [1.54, 1.807) is 0 Å². The van der Waals surface area contributed by atoms with Crippen molar-refractivity contribution < 1.29 is 0 Å². The third-order valence-corrected chi connectivity index (χ3v) is 4.00. The number of thioether (sulfide) groups is 1. The summed E-state index contributed by atoms with van der Waals surface area (Å²) in [5, 5.41) is 0. The van der Waals surface area contributed by atoms with Crippen molar-refractivity contribution in [3.63, 3.8) is 0 Å². The third-order valence-electron chi connectivity index (χ3n) is 2.84. The number of benzene rings is 1. The van der Waals surface area contributed by atoms with Crippen LogP contribution in [0, 0.1) is 12.8 Å². The van der Waals surface area contributed by atoms with Gasteiger partial charge in [0.25, 0.3) is 0 Å². The number of aryl methyl sites for hydroxylation is 1. The largest absolute Gasteiger partial charge is 0.327 e. The highest BCUT2D eigenvalue weighted by atomic mass is 32.2. The maximum Gasteiger partial charge on any atom is 0.0159 e. The molecule has 0 amide bonds. The van der Waals surface area contributed by atoms with E-state index in [1.807, 2.05) is 11.8 Å². The number of hydrogen-bond acceptors (Lipinski definition) is 2. The van der Waals surface area contributed by atoms with Gasteiger partial charge in [0.15, 0.2) is 0 Å². The first-order valence-electron chi connectivity index (χ1n) is 5.58. The number of nitrogens with two attached hydrogens (primary N) is 1. The van der Waals surface area contributed by atoms with Crippen molar-refractivity contribution in [1.29, 1.82) is 0 Å². The lowest BCUT2D eigenvalue weighted by Crippen LogP contribution is -2.30. The topological polar surface area (TPSA) is 26.0 Å². The van der Waals surface area contributed by atoms with Gasteiger partial charge in [0.05, 0.1) is 0 Å². The van der Waals surface area contributed by atoms with Gasteiger partial charge in [-0.2, -0.15) is 0 Å². The first kappa shape index (κ1) is 12.6. The lowest BCUT2D eigenvalue weighted by molar-refractivity contribution is 0.475. The fraction of sp³-hybridized carbons (Fsp3) is 0.538. The van der Waals surface area contributed by atoms with Crippen LogP contribution in [0.2, 0.25) is 0 Å². The summed E-state index contributed by atoms with van der Waals surface area (Å²) < 4.78 is 0. The molecular weight excluding hydrogens is 202 g/mol. The van der Waals surface area contributed by atoms with E-state index in [2.05, 4.69) is 45.0 Å². The Morgan fingerprint density at radius 1 is 1.27 bits per heavy atom. The van der Waals surface area contributed by atoms with E-state index in [4.69, 9.17) is 5.73 Å². The van der Waals surface area contributed by atoms with Gasteiger partial charge in [0.2, 0.25) is 0 Å². The van der Waals surface area contributed by atoms with E-state index in [-0.39, 0.29) is 0 Å². The van der Waals surface area contributed by atoms with Crippen LogP contribution in [-0.4, -0.2) is 11.8 Å². The van der Waals surface area contributed by atoms with Crippen LogP contribution in [0.1, 0.15) is 25.8 Å². The van der Waals surface area contributed by atoms with E-state index in [0.717, 1.165) is 12.2 Å². The van der Waals surface area contributed by atoms with E-state index < -0.39 is 0 Å². The van der Waals surface area contributed by atoms with Crippen LogP contribution in [0.25, 0.3) is 0 Å². The molecular formula is C13H21NS. The highest BCUT2D eigenvalue weighted by Crippen LogP contribution is 2.21. The SMILES string of the molecule is CCC(C)C(N)CSc1ccc(C)cc1. The van der Waals surface area contributed by atoms with Crippen molar-refractivity contribution in [3.8, 4) is 0 Å². The fourth-order valence-electron chi connectivity index (χ4n) is 1.29. The van der Waals surface area contributed by atoms with E-state index in [0.29, 0.717) is 12.0 Å². The lowest BCUT2D eigenvalue weighted by Gasteiger charge is -2.17. The predicted octanol–water partition coefficient (Wildman–Crippen LogP) is 3.46. The maximum absolute atomic E-state index is 6.08. The molecule has 0 aliphatic carbocycles. The minimum Gasteiger partial charge on any atom is -0.327 e. The van der Waals surface area contributed by atoms with Gasteiger partial charge in [0, 0.05) is 16.7 Å². The predicted molar refractivity (Wildman–Crippen MR) is 69.3 cm³/mol. The first-order valence-corrected chi connectivity index (χ1v) is 6.57. The van der Waals surface area contributed by atoms with Crippen LogP contribution < -0.4 is 5.73 Å². The zero-order chi connectivity index (χ0) is 11.3. The molecule has 0 fully saturated rings. The first-order chi connectivity index (χ1) is 7.13. The average Bonchev–Trinajstić information content (AvgIpc) is 2.26. The van der Waals surface area contributed by atoms with Crippen LogP contribution >= 0.6 is 11.8 Å². The summed E-state index contributed by atoms with van der Waals surface area (Å²) in [4.78, 5) is 1.32. The zero-order valence-electron chi connectivity index (χ0n) is 9.86. The van der Waals surface area contributed by atoms with Crippen molar-refractivity contribution in [1.82, 2.24) is 0 Å². The molecule has 0 aliphatic heterocycles. The molecule has 0 radical (unpaired) electrons. The highest BCUT2D eigenvalue weighted by molar-refractivity contribution is 7.99. The Labute approximate surface area is 97.4 Å². The summed E-state index contributed by atoms with van der Waals surface area (Å²) in [6.45, 7) is 6.53. The number of hydrogen-bond donors (Lipinski definition) is 1. The molecule has 1 aromatic rings. The van der Waals surface area contributed by atoms with Gasteiger partial charge in [0.1, 0.15) is 0 Å². The van der Waals surface area contributed by atoms with Crippen molar-refractivity contribution in [2.75, 3.05) is 5.75 Å². The molecule has 2 unspecified atom stereocenters. The van der Waals surface area contributed by atoms with Gasteiger partial charge in [-0.15, -0.1) is 11.8 Å². The number of rotatable bonds is 5. The molecule has 15 heavy (non-hydrogen) atoms. The second-order valence-corrected chi connectivity index (χ2v) is 5.27. The van der Waals surface area contributed by atoms with Gasteiger partial charge in [-0.3, -0.25) is 0 Å². The molecule has 2 atom stereocenters. The molecule has 0 saturated carbocycles. The molecule has 84 valence electrons. The second kappa shape index (κ2) is 6.19. The van der Waals surface area contributed by atoms with Crippen molar-refractivity contribution >= 4 is 11.8 Å².